The molecule has 1 fully saturated rings. The van der Waals surface area contributed by atoms with Crippen LogP contribution in [-0.4, -0.2) is 21.5 Å². The maximum absolute atomic E-state index is 12.9. The molecule has 5 nitrogen and oxygen atoms in total. The van der Waals surface area contributed by atoms with Gasteiger partial charge in [-0.15, -0.1) is 0 Å². The van der Waals surface area contributed by atoms with E-state index in [0.29, 0.717) is 17.8 Å². The predicted octanol–water partition coefficient (Wildman–Crippen LogP) is 4.15. The maximum atomic E-state index is 12.9. The van der Waals surface area contributed by atoms with Gasteiger partial charge in [-0.05, 0) is 44.0 Å². The maximum Gasteiger partial charge on any atom is 0.277 e. The fourth-order valence-corrected chi connectivity index (χ4v) is 3.99. The molecule has 0 bridgehead atoms. The van der Waals surface area contributed by atoms with Gasteiger partial charge in [-0.1, -0.05) is 43.5 Å². The summed E-state index contributed by atoms with van der Waals surface area (Å²) in [6.45, 7) is 2.53. The van der Waals surface area contributed by atoms with Crippen LogP contribution in [0.1, 0.15) is 49.4 Å². The van der Waals surface area contributed by atoms with Gasteiger partial charge in [0, 0.05) is 23.7 Å². The van der Waals surface area contributed by atoms with E-state index in [4.69, 9.17) is 0 Å². The average Bonchev–Trinajstić information content (AvgIpc) is 2.74. The average molecular weight is 375 g/mol. The Morgan fingerprint density at radius 3 is 2.50 bits per heavy atom. The van der Waals surface area contributed by atoms with Crippen molar-refractivity contribution in [2.75, 3.05) is 0 Å². The third kappa shape index (κ3) is 3.57. The smallest absolute Gasteiger partial charge is 0.277 e. The van der Waals surface area contributed by atoms with Gasteiger partial charge >= 0.3 is 0 Å². The van der Waals surface area contributed by atoms with Crippen molar-refractivity contribution in [3.05, 3.63) is 64.4 Å². The fourth-order valence-electron chi connectivity index (χ4n) is 3.99. The Kier molecular flexibility index (Phi) is 5.24. The molecular formula is C23H25N3O2. The van der Waals surface area contributed by atoms with E-state index in [2.05, 4.69) is 10.3 Å². The molecule has 1 aliphatic rings. The molecule has 1 N–H and O–H groups in total. The van der Waals surface area contributed by atoms with Crippen LogP contribution < -0.4 is 10.9 Å². The van der Waals surface area contributed by atoms with E-state index in [1.54, 1.807) is 16.7 Å². The van der Waals surface area contributed by atoms with E-state index in [1.807, 2.05) is 43.3 Å². The molecule has 1 saturated carbocycles. The van der Waals surface area contributed by atoms with Crippen molar-refractivity contribution >= 4 is 16.9 Å². The lowest BCUT2D eigenvalue weighted by Gasteiger charge is -2.22. The van der Waals surface area contributed by atoms with E-state index < -0.39 is 0 Å². The molecule has 0 aliphatic heterocycles. The third-order valence-corrected chi connectivity index (χ3v) is 5.53. The van der Waals surface area contributed by atoms with E-state index >= 15 is 0 Å². The van der Waals surface area contributed by atoms with Crippen LogP contribution in [0, 0.1) is 0 Å². The molecular weight excluding hydrogens is 350 g/mol. The van der Waals surface area contributed by atoms with Gasteiger partial charge in [0.25, 0.3) is 11.5 Å². The molecule has 0 radical (unpaired) electrons. The Hall–Kier alpha value is -2.95. The molecule has 5 heteroatoms. The third-order valence-electron chi connectivity index (χ3n) is 5.53. The van der Waals surface area contributed by atoms with Crippen LogP contribution in [0.5, 0.6) is 0 Å². The highest BCUT2D eigenvalue weighted by molar-refractivity contribution is 5.94. The minimum Gasteiger partial charge on any atom is -0.349 e. The normalized spacial score (nSPS) is 14.9. The summed E-state index contributed by atoms with van der Waals surface area (Å²) in [4.78, 5) is 30.0. The number of hydrogen-bond acceptors (Lipinski definition) is 3. The SMILES string of the molecule is CCn1c(=O)c(-c2ccc(C(=O)NC3CCCCC3)cc2)nc2ccccc21. The summed E-state index contributed by atoms with van der Waals surface area (Å²) >= 11 is 0. The molecule has 0 saturated heterocycles. The monoisotopic (exact) mass is 375 g/mol. The quantitative estimate of drug-likeness (QED) is 0.745. The van der Waals surface area contributed by atoms with Crippen LogP contribution in [-0.2, 0) is 6.54 Å². The predicted molar refractivity (Wildman–Crippen MR) is 111 cm³/mol. The molecule has 1 aromatic heterocycles. The lowest BCUT2D eigenvalue weighted by molar-refractivity contribution is 0.0927. The molecule has 4 rings (SSSR count). The highest BCUT2D eigenvalue weighted by atomic mass is 16.1. The Balaban J connectivity index is 1.63. The van der Waals surface area contributed by atoms with Gasteiger partial charge < -0.3 is 9.88 Å². The topological polar surface area (TPSA) is 64.0 Å². The first-order valence-corrected chi connectivity index (χ1v) is 10.1. The largest absolute Gasteiger partial charge is 0.349 e. The van der Waals surface area contributed by atoms with Gasteiger partial charge in [0.15, 0.2) is 0 Å². The van der Waals surface area contributed by atoms with Crippen molar-refractivity contribution in [3.63, 3.8) is 0 Å². The number of aryl methyl sites for hydroxylation is 1. The molecule has 28 heavy (non-hydrogen) atoms. The number of nitrogens with one attached hydrogen (secondary N) is 1. The molecule has 0 spiro atoms. The molecule has 1 heterocycles. The van der Waals surface area contributed by atoms with Gasteiger partial charge in [0.1, 0.15) is 5.69 Å². The van der Waals surface area contributed by atoms with E-state index in [9.17, 15) is 9.59 Å². The van der Waals surface area contributed by atoms with Crippen LogP contribution in [0.2, 0.25) is 0 Å². The first kappa shape index (κ1) is 18.4. The van der Waals surface area contributed by atoms with Crippen molar-refractivity contribution in [2.24, 2.45) is 0 Å². The van der Waals surface area contributed by atoms with Crippen LogP contribution >= 0.6 is 0 Å². The van der Waals surface area contributed by atoms with Crippen molar-refractivity contribution in [2.45, 2.75) is 51.6 Å². The summed E-state index contributed by atoms with van der Waals surface area (Å²) in [5.74, 6) is -0.0455. The summed E-state index contributed by atoms with van der Waals surface area (Å²) in [5, 5.41) is 3.13. The number of benzene rings is 2. The van der Waals surface area contributed by atoms with Crippen molar-refractivity contribution in [1.82, 2.24) is 14.9 Å². The fraction of sp³-hybridized carbons (Fsp3) is 0.348. The van der Waals surface area contributed by atoms with Gasteiger partial charge in [-0.2, -0.15) is 0 Å². The minimum absolute atomic E-state index is 0.0455. The summed E-state index contributed by atoms with van der Waals surface area (Å²) in [5.41, 5.74) is 3.28. The second kappa shape index (κ2) is 7.97. The number of carbonyl (C=O) groups excluding carboxylic acids is 1. The van der Waals surface area contributed by atoms with Crippen LogP contribution in [0.25, 0.3) is 22.3 Å². The zero-order valence-electron chi connectivity index (χ0n) is 16.1. The Bertz CT molecular complexity index is 1050. The zero-order chi connectivity index (χ0) is 19.5. The van der Waals surface area contributed by atoms with Crippen LogP contribution in [0.3, 0.4) is 0 Å². The first-order valence-electron chi connectivity index (χ1n) is 10.1. The molecule has 1 amide bonds. The van der Waals surface area contributed by atoms with Crippen molar-refractivity contribution in [3.8, 4) is 11.3 Å². The molecule has 0 atom stereocenters. The van der Waals surface area contributed by atoms with Gasteiger partial charge in [0.2, 0.25) is 0 Å². The number of fused-ring (bicyclic) bond motifs is 1. The first-order chi connectivity index (χ1) is 13.7. The second-order valence-electron chi connectivity index (χ2n) is 7.38. The molecule has 144 valence electrons. The van der Waals surface area contributed by atoms with Crippen LogP contribution in [0.15, 0.2) is 53.3 Å². The van der Waals surface area contributed by atoms with Crippen LogP contribution in [0.4, 0.5) is 0 Å². The van der Waals surface area contributed by atoms with Gasteiger partial charge in [-0.25, -0.2) is 4.98 Å². The molecule has 2 aromatic carbocycles. The highest BCUT2D eigenvalue weighted by Gasteiger charge is 2.17. The number of hydrogen-bond donors (Lipinski definition) is 1. The summed E-state index contributed by atoms with van der Waals surface area (Å²) in [6.07, 6.45) is 5.74. The van der Waals surface area contributed by atoms with E-state index in [-0.39, 0.29) is 17.5 Å². The standard InChI is InChI=1S/C23H25N3O2/c1-2-26-20-11-7-6-10-19(20)25-21(23(26)28)16-12-14-17(15-13-16)22(27)24-18-8-4-3-5-9-18/h6-7,10-15,18H,2-5,8-9H2,1H3,(H,24,27). The van der Waals surface area contributed by atoms with Crippen molar-refractivity contribution in [1.29, 1.82) is 0 Å². The van der Waals surface area contributed by atoms with E-state index in [0.717, 1.165) is 29.4 Å². The number of para-hydroxylation sites is 2. The lowest BCUT2D eigenvalue weighted by atomic mass is 9.95. The molecule has 3 aromatic rings. The van der Waals surface area contributed by atoms with Gasteiger partial charge in [-0.3, -0.25) is 9.59 Å². The number of nitrogens with zero attached hydrogens (tertiary/aromatic N) is 2. The minimum atomic E-state index is -0.111. The number of rotatable bonds is 4. The Labute approximate surface area is 164 Å². The summed E-state index contributed by atoms with van der Waals surface area (Å²) in [7, 11) is 0. The molecule has 1 aliphatic carbocycles. The van der Waals surface area contributed by atoms with Crippen molar-refractivity contribution < 1.29 is 4.79 Å². The summed E-state index contributed by atoms with van der Waals surface area (Å²) in [6, 6.07) is 15.1. The summed E-state index contributed by atoms with van der Waals surface area (Å²) < 4.78 is 1.74. The molecule has 0 unspecified atom stereocenters. The van der Waals surface area contributed by atoms with E-state index in [1.165, 1.54) is 19.3 Å². The van der Waals surface area contributed by atoms with Gasteiger partial charge in [0.05, 0.1) is 11.0 Å². The highest BCUT2D eigenvalue weighted by Crippen LogP contribution is 2.20. The number of aromatic nitrogens is 2. The lowest BCUT2D eigenvalue weighted by Crippen LogP contribution is -2.36. The zero-order valence-corrected chi connectivity index (χ0v) is 16.1. The second-order valence-corrected chi connectivity index (χ2v) is 7.38. The Morgan fingerprint density at radius 2 is 1.79 bits per heavy atom. The Morgan fingerprint density at radius 1 is 1.07 bits per heavy atom. The number of amides is 1. The number of carbonyl (C=O) groups is 1.